The molecule has 1 N–H and O–H groups in total. The van der Waals surface area contributed by atoms with Gasteiger partial charge in [0.25, 0.3) is 15.9 Å². The van der Waals surface area contributed by atoms with Gasteiger partial charge in [0.15, 0.2) is 5.78 Å². The highest BCUT2D eigenvalue weighted by Crippen LogP contribution is 2.19. The largest absolute Gasteiger partial charge is 0.339 e. The maximum Gasteiger partial charge on any atom is 0.261 e. The maximum absolute atomic E-state index is 12.5. The van der Waals surface area contributed by atoms with Crippen molar-refractivity contribution in [2.75, 3.05) is 17.8 Å². The maximum atomic E-state index is 12.5. The van der Waals surface area contributed by atoms with Crippen LogP contribution in [0.5, 0.6) is 0 Å². The third-order valence-corrected chi connectivity index (χ3v) is 5.75. The fourth-order valence-corrected chi connectivity index (χ4v) is 3.93. The van der Waals surface area contributed by atoms with Crippen LogP contribution in [0.4, 0.5) is 5.69 Å². The van der Waals surface area contributed by atoms with E-state index in [1.165, 1.54) is 31.2 Å². The van der Waals surface area contributed by atoms with E-state index < -0.39 is 10.0 Å². The van der Waals surface area contributed by atoms with Gasteiger partial charge in [0.2, 0.25) is 0 Å². The van der Waals surface area contributed by atoms with Crippen molar-refractivity contribution in [3.63, 3.8) is 0 Å². The van der Waals surface area contributed by atoms with E-state index in [1.54, 1.807) is 29.2 Å². The average molecular weight is 372 g/mol. The summed E-state index contributed by atoms with van der Waals surface area (Å²) in [5.41, 5.74) is 1.36. The van der Waals surface area contributed by atoms with Crippen LogP contribution in [0.2, 0.25) is 0 Å². The summed E-state index contributed by atoms with van der Waals surface area (Å²) in [4.78, 5) is 25.4. The van der Waals surface area contributed by atoms with E-state index in [4.69, 9.17) is 0 Å². The smallest absolute Gasteiger partial charge is 0.261 e. The summed E-state index contributed by atoms with van der Waals surface area (Å²) in [6.45, 7) is 2.94. The molecule has 3 rings (SSSR count). The van der Waals surface area contributed by atoms with Gasteiger partial charge in [-0.25, -0.2) is 8.42 Å². The molecule has 0 radical (unpaired) electrons. The zero-order valence-corrected chi connectivity index (χ0v) is 15.3. The number of carbonyl (C=O) groups excluding carboxylic acids is 2. The van der Waals surface area contributed by atoms with Gasteiger partial charge in [-0.1, -0.05) is 0 Å². The molecule has 6 nitrogen and oxygen atoms in total. The molecule has 7 heteroatoms. The Bertz CT molecular complexity index is 913. The number of nitrogens with one attached hydrogen (secondary N) is 1. The van der Waals surface area contributed by atoms with E-state index in [2.05, 4.69) is 4.72 Å². The second-order valence-corrected chi connectivity index (χ2v) is 7.95. The molecule has 1 fully saturated rings. The molecular formula is C19H20N2O4S. The lowest BCUT2D eigenvalue weighted by Crippen LogP contribution is -2.27. The van der Waals surface area contributed by atoms with Crippen LogP contribution in [0.25, 0.3) is 0 Å². The summed E-state index contributed by atoms with van der Waals surface area (Å²) in [6.07, 6.45) is 2.01. The van der Waals surface area contributed by atoms with Gasteiger partial charge in [0, 0.05) is 29.9 Å². The molecule has 0 aromatic heterocycles. The normalized spacial score (nSPS) is 14.3. The van der Waals surface area contributed by atoms with E-state index in [0.717, 1.165) is 25.9 Å². The standard InChI is InChI=1S/C19H20N2O4S/c1-14(22)15-4-8-17(9-5-15)20-26(24,25)18-10-6-16(7-11-18)19(23)21-12-2-3-13-21/h4-11,20H,2-3,12-13H2,1H3. The minimum absolute atomic E-state index is 0.0702. The summed E-state index contributed by atoms with van der Waals surface area (Å²) in [5.74, 6) is -0.156. The molecule has 0 unspecified atom stereocenters. The number of benzene rings is 2. The van der Waals surface area contributed by atoms with Gasteiger partial charge in [-0.3, -0.25) is 14.3 Å². The fraction of sp³-hybridized carbons (Fsp3) is 0.263. The molecule has 1 heterocycles. The van der Waals surface area contributed by atoms with Crippen molar-refractivity contribution >= 4 is 27.4 Å². The lowest BCUT2D eigenvalue weighted by Gasteiger charge is -2.15. The molecule has 0 saturated carbocycles. The predicted octanol–water partition coefficient (Wildman–Crippen LogP) is 2.93. The highest BCUT2D eigenvalue weighted by Gasteiger charge is 2.20. The van der Waals surface area contributed by atoms with Crippen LogP contribution in [0.15, 0.2) is 53.4 Å². The first-order valence-electron chi connectivity index (χ1n) is 8.40. The Hall–Kier alpha value is -2.67. The van der Waals surface area contributed by atoms with Gasteiger partial charge in [0.05, 0.1) is 4.90 Å². The number of nitrogens with zero attached hydrogens (tertiary/aromatic N) is 1. The highest BCUT2D eigenvalue weighted by molar-refractivity contribution is 7.92. The van der Waals surface area contributed by atoms with Gasteiger partial charge >= 0.3 is 0 Å². The molecule has 0 spiro atoms. The molecule has 0 atom stereocenters. The summed E-state index contributed by atoms with van der Waals surface area (Å²) < 4.78 is 27.4. The van der Waals surface area contributed by atoms with E-state index >= 15 is 0 Å². The van der Waals surface area contributed by atoms with Crippen LogP contribution in [0, 0.1) is 0 Å². The van der Waals surface area contributed by atoms with Gasteiger partial charge in [-0.2, -0.15) is 0 Å². The number of hydrogen-bond donors (Lipinski definition) is 1. The van der Waals surface area contributed by atoms with E-state index in [9.17, 15) is 18.0 Å². The van der Waals surface area contributed by atoms with Crippen molar-refractivity contribution in [3.05, 3.63) is 59.7 Å². The van der Waals surface area contributed by atoms with E-state index in [0.29, 0.717) is 16.8 Å². The predicted molar refractivity (Wildman–Crippen MR) is 98.8 cm³/mol. The zero-order chi connectivity index (χ0) is 18.7. The lowest BCUT2D eigenvalue weighted by atomic mass is 10.1. The van der Waals surface area contributed by atoms with Crippen LogP contribution >= 0.6 is 0 Å². The number of amides is 1. The van der Waals surface area contributed by atoms with Crippen LogP contribution in [0.1, 0.15) is 40.5 Å². The molecule has 0 aliphatic carbocycles. The number of anilines is 1. The van der Waals surface area contributed by atoms with Crippen molar-refractivity contribution in [1.82, 2.24) is 4.90 Å². The highest BCUT2D eigenvalue weighted by atomic mass is 32.2. The number of ketones is 1. The summed E-state index contributed by atoms with van der Waals surface area (Å²) in [6, 6.07) is 12.1. The molecule has 2 aromatic rings. The lowest BCUT2D eigenvalue weighted by molar-refractivity contribution is 0.0792. The number of likely N-dealkylation sites (tertiary alicyclic amines) is 1. The Labute approximate surface area is 152 Å². The van der Waals surface area contributed by atoms with Gasteiger partial charge in [0.1, 0.15) is 0 Å². The van der Waals surface area contributed by atoms with Crippen molar-refractivity contribution < 1.29 is 18.0 Å². The van der Waals surface area contributed by atoms with Gasteiger partial charge < -0.3 is 4.90 Å². The summed E-state index contributed by atoms with van der Waals surface area (Å²) in [5, 5.41) is 0. The van der Waals surface area contributed by atoms with Crippen molar-refractivity contribution in [1.29, 1.82) is 0 Å². The number of sulfonamides is 1. The Kier molecular flexibility index (Phi) is 5.08. The molecule has 0 bridgehead atoms. The van der Waals surface area contributed by atoms with Crippen molar-refractivity contribution in [2.45, 2.75) is 24.7 Å². The van der Waals surface area contributed by atoms with Crippen LogP contribution < -0.4 is 4.72 Å². The van der Waals surface area contributed by atoms with E-state index in [-0.39, 0.29) is 16.6 Å². The second-order valence-electron chi connectivity index (χ2n) is 6.26. The van der Waals surface area contributed by atoms with Crippen LogP contribution in [0.3, 0.4) is 0 Å². The van der Waals surface area contributed by atoms with Gasteiger partial charge in [-0.05, 0) is 68.3 Å². The Balaban J connectivity index is 1.74. The Morgan fingerprint density at radius 1 is 0.885 bits per heavy atom. The minimum Gasteiger partial charge on any atom is -0.339 e. The molecular weight excluding hydrogens is 352 g/mol. The molecule has 1 aliphatic heterocycles. The van der Waals surface area contributed by atoms with Crippen LogP contribution in [-0.2, 0) is 10.0 Å². The minimum atomic E-state index is -3.77. The summed E-state index contributed by atoms with van der Waals surface area (Å²) >= 11 is 0. The number of carbonyl (C=O) groups is 2. The van der Waals surface area contributed by atoms with Crippen LogP contribution in [-0.4, -0.2) is 38.1 Å². The SMILES string of the molecule is CC(=O)c1ccc(NS(=O)(=O)c2ccc(C(=O)N3CCCC3)cc2)cc1. The molecule has 136 valence electrons. The van der Waals surface area contributed by atoms with Gasteiger partial charge in [-0.15, -0.1) is 0 Å². The third kappa shape index (κ3) is 3.94. The molecule has 1 aliphatic rings. The topological polar surface area (TPSA) is 83.5 Å². The second kappa shape index (κ2) is 7.29. The average Bonchev–Trinajstić information content (AvgIpc) is 3.16. The first-order valence-corrected chi connectivity index (χ1v) is 9.88. The zero-order valence-electron chi connectivity index (χ0n) is 14.4. The number of rotatable bonds is 5. The third-order valence-electron chi connectivity index (χ3n) is 4.35. The molecule has 1 saturated heterocycles. The quantitative estimate of drug-likeness (QED) is 0.818. The molecule has 2 aromatic carbocycles. The van der Waals surface area contributed by atoms with Crippen molar-refractivity contribution in [3.8, 4) is 0 Å². The van der Waals surface area contributed by atoms with E-state index in [1.807, 2.05) is 0 Å². The Morgan fingerprint density at radius 2 is 1.42 bits per heavy atom. The molecule has 26 heavy (non-hydrogen) atoms. The summed E-state index contributed by atoms with van der Waals surface area (Å²) in [7, 11) is -3.77. The first kappa shape index (κ1) is 18.1. The van der Waals surface area contributed by atoms with Crippen molar-refractivity contribution in [2.24, 2.45) is 0 Å². The first-order chi connectivity index (χ1) is 12.4. The number of hydrogen-bond acceptors (Lipinski definition) is 4. The fourth-order valence-electron chi connectivity index (χ4n) is 2.87. The number of Topliss-reactive ketones (excluding diaryl/α,β-unsaturated/α-hetero) is 1. The molecule has 1 amide bonds. The monoisotopic (exact) mass is 372 g/mol. The Morgan fingerprint density at radius 3 is 1.96 bits per heavy atom.